The van der Waals surface area contributed by atoms with Crippen LogP contribution < -0.4 is 10.6 Å². The monoisotopic (exact) mass is 506 g/mol. The molecule has 2 N–H and O–H groups in total. The average molecular weight is 507 g/mol. The number of rotatable bonds is 7. The van der Waals surface area contributed by atoms with Gasteiger partial charge in [-0.1, -0.05) is 17.4 Å². The minimum Gasteiger partial charge on any atom is -0.373 e. The Morgan fingerprint density at radius 1 is 1.17 bits per heavy atom. The second-order valence-corrected chi connectivity index (χ2v) is 9.39. The van der Waals surface area contributed by atoms with E-state index in [0.717, 1.165) is 29.4 Å². The molecule has 4 rings (SSSR count). The van der Waals surface area contributed by atoms with E-state index in [4.69, 9.17) is 9.72 Å². The number of halogens is 3. The standard InChI is InChI=1S/C23H25F3N6O2S/c1-14-10-32(11-15(2)34-14)12-18-20(17-5-3-4-7-27-17)31-22(35-18)30-19-9-16(6-8-28-19)21(33)29-13-23(24,25)26/h3-9,14-15H,10-13H2,1-2H3,(H,29,33)(H,28,30,31). The molecule has 1 amide bonds. The minimum absolute atomic E-state index is 0.0600. The Morgan fingerprint density at radius 2 is 1.94 bits per heavy atom. The van der Waals surface area contributed by atoms with Crippen LogP contribution in [0.25, 0.3) is 11.4 Å². The molecule has 186 valence electrons. The molecule has 0 aromatic carbocycles. The van der Waals surface area contributed by atoms with Crippen molar-refractivity contribution in [2.45, 2.75) is 38.8 Å². The van der Waals surface area contributed by atoms with E-state index in [1.54, 1.807) is 6.20 Å². The highest BCUT2D eigenvalue weighted by Crippen LogP contribution is 2.33. The summed E-state index contributed by atoms with van der Waals surface area (Å²) in [7, 11) is 0. The zero-order valence-electron chi connectivity index (χ0n) is 19.2. The van der Waals surface area contributed by atoms with Gasteiger partial charge in [-0.25, -0.2) is 9.97 Å². The topological polar surface area (TPSA) is 92.3 Å². The van der Waals surface area contributed by atoms with Crippen molar-refractivity contribution in [1.82, 2.24) is 25.2 Å². The van der Waals surface area contributed by atoms with Crippen molar-refractivity contribution in [1.29, 1.82) is 0 Å². The molecule has 0 aliphatic carbocycles. The van der Waals surface area contributed by atoms with Gasteiger partial charge < -0.3 is 15.4 Å². The van der Waals surface area contributed by atoms with E-state index in [0.29, 0.717) is 17.5 Å². The summed E-state index contributed by atoms with van der Waals surface area (Å²) in [5.74, 6) is -0.538. The van der Waals surface area contributed by atoms with Gasteiger partial charge in [0.05, 0.1) is 22.8 Å². The molecule has 1 aliphatic rings. The maximum atomic E-state index is 12.4. The van der Waals surface area contributed by atoms with E-state index in [1.807, 2.05) is 37.4 Å². The van der Waals surface area contributed by atoms with Crippen LogP contribution in [0.4, 0.5) is 24.1 Å². The van der Waals surface area contributed by atoms with Crippen LogP contribution in [0.5, 0.6) is 0 Å². The number of amides is 1. The first-order valence-electron chi connectivity index (χ1n) is 11.0. The first-order valence-corrected chi connectivity index (χ1v) is 11.8. The average Bonchev–Trinajstić information content (AvgIpc) is 3.19. The molecule has 0 spiro atoms. The summed E-state index contributed by atoms with van der Waals surface area (Å²) in [6.45, 7) is 4.94. The Bertz CT molecular complexity index is 1150. The van der Waals surface area contributed by atoms with Gasteiger partial charge in [0.1, 0.15) is 18.1 Å². The predicted molar refractivity (Wildman–Crippen MR) is 127 cm³/mol. The summed E-state index contributed by atoms with van der Waals surface area (Å²) < 4.78 is 43.1. The SMILES string of the molecule is CC1CN(Cc2sc(Nc3cc(C(=O)NCC(F)(F)F)ccn3)nc2-c2ccccn2)CC(C)O1. The maximum Gasteiger partial charge on any atom is 0.405 e. The number of carbonyl (C=O) groups excluding carboxylic acids is 1. The van der Waals surface area contributed by atoms with Gasteiger partial charge in [-0.05, 0) is 38.1 Å². The smallest absolute Gasteiger partial charge is 0.373 e. The lowest BCUT2D eigenvalue weighted by Gasteiger charge is -2.35. The maximum absolute atomic E-state index is 12.4. The van der Waals surface area contributed by atoms with Gasteiger partial charge >= 0.3 is 6.18 Å². The molecule has 0 saturated carbocycles. The molecule has 0 bridgehead atoms. The predicted octanol–water partition coefficient (Wildman–Crippen LogP) is 4.25. The fraction of sp³-hybridized carbons (Fsp3) is 0.391. The molecule has 1 saturated heterocycles. The Kier molecular flexibility index (Phi) is 7.63. The molecule has 3 aromatic heterocycles. The largest absolute Gasteiger partial charge is 0.405 e. The second kappa shape index (κ2) is 10.7. The normalized spacial score (nSPS) is 18.9. The van der Waals surface area contributed by atoms with Crippen molar-refractivity contribution in [3.63, 3.8) is 0 Å². The summed E-state index contributed by atoms with van der Waals surface area (Å²) in [5.41, 5.74) is 1.53. The third-order valence-corrected chi connectivity index (χ3v) is 6.13. The summed E-state index contributed by atoms with van der Waals surface area (Å²) >= 11 is 1.44. The highest BCUT2D eigenvalue weighted by atomic mass is 32.1. The summed E-state index contributed by atoms with van der Waals surface area (Å²) in [5, 5.41) is 5.48. The first-order chi connectivity index (χ1) is 16.7. The van der Waals surface area contributed by atoms with Crippen LogP contribution in [0.1, 0.15) is 29.1 Å². The molecule has 1 fully saturated rings. The zero-order chi connectivity index (χ0) is 25.0. The number of alkyl halides is 3. The fourth-order valence-electron chi connectivity index (χ4n) is 3.86. The van der Waals surface area contributed by atoms with E-state index >= 15 is 0 Å². The fourth-order valence-corrected chi connectivity index (χ4v) is 4.88. The molecule has 3 aromatic rings. The van der Waals surface area contributed by atoms with E-state index < -0.39 is 18.6 Å². The minimum atomic E-state index is -4.49. The van der Waals surface area contributed by atoms with E-state index in [9.17, 15) is 18.0 Å². The van der Waals surface area contributed by atoms with Crippen LogP contribution in [0, 0.1) is 0 Å². The number of carbonyl (C=O) groups is 1. The van der Waals surface area contributed by atoms with Gasteiger partial charge in [-0.3, -0.25) is 14.7 Å². The first kappa shape index (κ1) is 25.0. The summed E-state index contributed by atoms with van der Waals surface area (Å²) in [4.78, 5) is 28.8. The van der Waals surface area contributed by atoms with E-state index in [-0.39, 0.29) is 17.8 Å². The van der Waals surface area contributed by atoms with Crippen LogP contribution in [-0.4, -0.2) is 63.8 Å². The van der Waals surface area contributed by atoms with Gasteiger partial charge in [0.2, 0.25) is 0 Å². The van der Waals surface area contributed by atoms with Crippen LogP contribution in [-0.2, 0) is 11.3 Å². The number of nitrogens with zero attached hydrogens (tertiary/aromatic N) is 4. The van der Waals surface area contributed by atoms with Crippen LogP contribution in [0.15, 0.2) is 42.7 Å². The lowest BCUT2D eigenvalue weighted by molar-refractivity contribution is -0.123. The highest BCUT2D eigenvalue weighted by Gasteiger charge is 2.28. The molecule has 2 atom stereocenters. The van der Waals surface area contributed by atoms with E-state index in [2.05, 4.69) is 20.2 Å². The molecule has 0 radical (unpaired) electrons. The van der Waals surface area contributed by atoms with Gasteiger partial charge in [0.15, 0.2) is 5.13 Å². The summed E-state index contributed by atoms with van der Waals surface area (Å²) in [6, 6.07) is 8.35. The number of nitrogens with one attached hydrogen (secondary N) is 2. The molecule has 2 unspecified atom stereocenters. The van der Waals surface area contributed by atoms with Crippen molar-refractivity contribution in [2.75, 3.05) is 25.0 Å². The van der Waals surface area contributed by atoms with Crippen molar-refractivity contribution in [2.24, 2.45) is 0 Å². The second-order valence-electron chi connectivity index (χ2n) is 8.31. The molecule has 35 heavy (non-hydrogen) atoms. The van der Waals surface area contributed by atoms with Gasteiger partial charge in [0.25, 0.3) is 5.91 Å². The molecule has 4 heterocycles. The molecule has 1 aliphatic heterocycles. The van der Waals surface area contributed by atoms with Crippen molar-refractivity contribution in [3.8, 4) is 11.4 Å². The Labute approximate surface area is 204 Å². The summed E-state index contributed by atoms with van der Waals surface area (Å²) in [6.07, 6.45) is -1.18. The Morgan fingerprint density at radius 3 is 2.63 bits per heavy atom. The number of morpholine rings is 1. The van der Waals surface area contributed by atoms with Crippen LogP contribution >= 0.6 is 11.3 Å². The number of thiazole rings is 1. The highest BCUT2D eigenvalue weighted by molar-refractivity contribution is 7.16. The third-order valence-electron chi connectivity index (χ3n) is 5.17. The number of pyridine rings is 2. The number of ether oxygens (including phenoxy) is 1. The number of anilines is 2. The van der Waals surface area contributed by atoms with Crippen molar-refractivity contribution >= 4 is 28.2 Å². The third kappa shape index (κ3) is 6.96. The van der Waals surface area contributed by atoms with Crippen molar-refractivity contribution < 1.29 is 22.7 Å². The van der Waals surface area contributed by atoms with Gasteiger partial charge in [-0.15, -0.1) is 0 Å². The van der Waals surface area contributed by atoms with Crippen LogP contribution in [0.2, 0.25) is 0 Å². The quantitative estimate of drug-likeness (QED) is 0.495. The molecular formula is C23H25F3N6O2S. The van der Waals surface area contributed by atoms with Crippen molar-refractivity contribution in [3.05, 3.63) is 53.2 Å². The Hall–Kier alpha value is -3.09. The number of hydrogen-bond donors (Lipinski definition) is 2. The lowest BCUT2D eigenvalue weighted by atomic mass is 10.2. The van der Waals surface area contributed by atoms with Gasteiger partial charge in [0, 0.05) is 37.6 Å². The molecule has 12 heteroatoms. The number of hydrogen-bond acceptors (Lipinski definition) is 8. The molecular weight excluding hydrogens is 481 g/mol. The van der Waals surface area contributed by atoms with Gasteiger partial charge in [-0.2, -0.15) is 13.2 Å². The lowest BCUT2D eigenvalue weighted by Crippen LogP contribution is -2.44. The van der Waals surface area contributed by atoms with E-state index in [1.165, 1.54) is 29.7 Å². The zero-order valence-corrected chi connectivity index (χ0v) is 20.0. The Balaban J connectivity index is 1.55. The molecule has 8 nitrogen and oxygen atoms in total. The van der Waals surface area contributed by atoms with Crippen LogP contribution in [0.3, 0.4) is 0 Å². The number of aromatic nitrogens is 3.